The number of carbonyl (C=O) groups excluding carboxylic acids is 1. The van der Waals surface area contributed by atoms with Gasteiger partial charge in [-0.1, -0.05) is 29.3 Å². The zero-order valence-corrected chi connectivity index (χ0v) is 15.8. The molecule has 1 saturated heterocycles. The summed E-state index contributed by atoms with van der Waals surface area (Å²) in [4.78, 5) is 16.4. The van der Waals surface area contributed by atoms with Crippen LogP contribution in [0.15, 0.2) is 30.3 Å². The molecule has 1 aliphatic heterocycles. The Balaban J connectivity index is 1.67. The van der Waals surface area contributed by atoms with E-state index in [2.05, 4.69) is 10.2 Å². The third-order valence-electron chi connectivity index (χ3n) is 4.55. The van der Waals surface area contributed by atoms with E-state index in [0.717, 1.165) is 19.4 Å². The normalized spacial score (nSPS) is 17.2. The number of aromatic nitrogens is 2. The summed E-state index contributed by atoms with van der Waals surface area (Å²) in [6, 6.07) is 8.00. The molecule has 5 nitrogen and oxygen atoms in total. The quantitative estimate of drug-likeness (QED) is 0.788. The SMILES string of the molecule is CN(Cc1c(F)cccc1Cl)C(=O)[C@H]1CCCN(c2ccc(Cl)nn2)C1. The zero-order chi connectivity index (χ0) is 18.7. The summed E-state index contributed by atoms with van der Waals surface area (Å²) in [6.07, 6.45) is 1.65. The smallest absolute Gasteiger partial charge is 0.227 e. The first-order valence-corrected chi connectivity index (χ1v) is 9.13. The van der Waals surface area contributed by atoms with E-state index in [1.54, 1.807) is 31.3 Å². The highest BCUT2D eigenvalue weighted by Gasteiger charge is 2.29. The van der Waals surface area contributed by atoms with Gasteiger partial charge in [-0.25, -0.2) is 4.39 Å². The fraction of sp³-hybridized carbons (Fsp3) is 0.389. The van der Waals surface area contributed by atoms with Crippen molar-refractivity contribution in [2.24, 2.45) is 5.92 Å². The van der Waals surface area contributed by atoms with Crippen molar-refractivity contribution in [3.63, 3.8) is 0 Å². The van der Waals surface area contributed by atoms with Crippen LogP contribution < -0.4 is 4.90 Å². The maximum Gasteiger partial charge on any atom is 0.227 e. The third-order valence-corrected chi connectivity index (χ3v) is 5.10. The minimum absolute atomic E-state index is 0.0315. The Bertz CT molecular complexity index is 767. The maximum atomic E-state index is 14.0. The second-order valence-corrected chi connectivity index (χ2v) is 7.19. The van der Waals surface area contributed by atoms with Gasteiger partial charge in [-0.05, 0) is 37.1 Å². The standard InChI is InChI=1S/C18H19Cl2FN4O/c1-24(11-13-14(19)5-2-6-15(13)21)18(26)12-4-3-9-25(10-12)17-8-7-16(20)22-23-17/h2,5-8,12H,3-4,9-11H2,1H3/t12-/m0/s1. The van der Waals surface area contributed by atoms with Crippen molar-refractivity contribution < 1.29 is 9.18 Å². The molecule has 3 rings (SSSR count). The van der Waals surface area contributed by atoms with Crippen molar-refractivity contribution in [2.75, 3.05) is 25.0 Å². The van der Waals surface area contributed by atoms with Crippen molar-refractivity contribution in [3.8, 4) is 0 Å². The van der Waals surface area contributed by atoms with Crippen molar-refractivity contribution in [2.45, 2.75) is 19.4 Å². The summed E-state index contributed by atoms with van der Waals surface area (Å²) in [5.74, 6) is 0.0817. The van der Waals surface area contributed by atoms with Crippen molar-refractivity contribution in [3.05, 3.63) is 51.9 Å². The minimum atomic E-state index is -0.404. The highest BCUT2D eigenvalue weighted by Crippen LogP contribution is 2.25. The van der Waals surface area contributed by atoms with Crippen LogP contribution in [0.2, 0.25) is 10.2 Å². The molecule has 0 aliphatic carbocycles. The first-order chi connectivity index (χ1) is 12.5. The minimum Gasteiger partial charge on any atom is -0.354 e. The van der Waals surface area contributed by atoms with Crippen LogP contribution in [0, 0.1) is 11.7 Å². The average molecular weight is 397 g/mol. The largest absolute Gasteiger partial charge is 0.354 e. The fourth-order valence-corrected chi connectivity index (χ4v) is 3.50. The second kappa shape index (κ2) is 8.18. The van der Waals surface area contributed by atoms with Crippen molar-refractivity contribution in [1.29, 1.82) is 0 Å². The van der Waals surface area contributed by atoms with E-state index < -0.39 is 5.82 Å². The number of hydrogen-bond donors (Lipinski definition) is 0. The summed E-state index contributed by atoms with van der Waals surface area (Å²) in [6.45, 7) is 1.50. The molecule has 0 spiro atoms. The molecule has 2 aromatic rings. The number of benzene rings is 1. The number of carbonyl (C=O) groups is 1. The van der Waals surface area contributed by atoms with Crippen LogP contribution in [0.25, 0.3) is 0 Å². The lowest BCUT2D eigenvalue weighted by Crippen LogP contribution is -2.44. The number of piperidine rings is 1. The first kappa shape index (κ1) is 18.9. The van der Waals surface area contributed by atoms with Gasteiger partial charge in [0.2, 0.25) is 5.91 Å². The lowest BCUT2D eigenvalue weighted by atomic mass is 9.96. The molecule has 0 radical (unpaired) electrons. The van der Waals surface area contributed by atoms with Gasteiger partial charge in [0, 0.05) is 37.3 Å². The summed E-state index contributed by atoms with van der Waals surface area (Å²) in [5.41, 5.74) is 0.334. The van der Waals surface area contributed by atoms with E-state index in [1.807, 2.05) is 4.90 Å². The Morgan fingerprint density at radius 2 is 2.12 bits per heavy atom. The lowest BCUT2D eigenvalue weighted by Gasteiger charge is -2.34. The molecule has 1 aromatic carbocycles. The van der Waals surface area contributed by atoms with Crippen LogP contribution in [0.4, 0.5) is 10.2 Å². The van der Waals surface area contributed by atoms with Gasteiger partial charge in [-0.15, -0.1) is 10.2 Å². The van der Waals surface area contributed by atoms with Crippen molar-refractivity contribution >= 4 is 34.9 Å². The fourth-order valence-electron chi connectivity index (χ4n) is 3.17. The molecule has 0 saturated carbocycles. The predicted octanol–water partition coefficient (Wildman–Crippen LogP) is 3.80. The number of rotatable bonds is 4. The molecule has 8 heteroatoms. The third kappa shape index (κ3) is 4.24. The predicted molar refractivity (Wildman–Crippen MR) is 99.9 cm³/mol. The van der Waals surface area contributed by atoms with Crippen LogP contribution in [-0.2, 0) is 11.3 Å². The first-order valence-electron chi connectivity index (χ1n) is 8.37. The number of halogens is 3. The van der Waals surface area contributed by atoms with Gasteiger partial charge in [0.15, 0.2) is 11.0 Å². The Morgan fingerprint density at radius 1 is 1.31 bits per heavy atom. The maximum absolute atomic E-state index is 14.0. The van der Waals surface area contributed by atoms with Crippen LogP contribution in [0.3, 0.4) is 0 Å². The average Bonchev–Trinajstić information content (AvgIpc) is 2.65. The molecule has 1 aromatic heterocycles. The van der Waals surface area contributed by atoms with Crippen LogP contribution >= 0.6 is 23.2 Å². The van der Waals surface area contributed by atoms with Gasteiger partial charge in [-0.3, -0.25) is 4.79 Å². The highest BCUT2D eigenvalue weighted by atomic mass is 35.5. The van der Waals surface area contributed by atoms with E-state index >= 15 is 0 Å². The van der Waals surface area contributed by atoms with Crippen LogP contribution in [0.1, 0.15) is 18.4 Å². The number of amides is 1. The van der Waals surface area contributed by atoms with E-state index in [0.29, 0.717) is 28.1 Å². The molecule has 138 valence electrons. The van der Waals surface area contributed by atoms with Gasteiger partial charge >= 0.3 is 0 Å². The van der Waals surface area contributed by atoms with Crippen LogP contribution in [-0.4, -0.2) is 41.1 Å². The topological polar surface area (TPSA) is 49.3 Å². The van der Waals surface area contributed by atoms with Crippen LogP contribution in [0.5, 0.6) is 0 Å². The molecule has 1 fully saturated rings. The van der Waals surface area contributed by atoms with Gasteiger partial charge in [0.1, 0.15) is 5.82 Å². The van der Waals surface area contributed by atoms with Gasteiger partial charge in [0.25, 0.3) is 0 Å². The molecule has 0 unspecified atom stereocenters. The number of anilines is 1. The molecular formula is C18H19Cl2FN4O. The Morgan fingerprint density at radius 3 is 2.81 bits per heavy atom. The lowest BCUT2D eigenvalue weighted by molar-refractivity contribution is -0.135. The Hall–Kier alpha value is -1.92. The van der Waals surface area contributed by atoms with E-state index in [-0.39, 0.29) is 18.4 Å². The van der Waals surface area contributed by atoms with Crippen molar-refractivity contribution in [1.82, 2.24) is 15.1 Å². The molecule has 2 heterocycles. The zero-order valence-electron chi connectivity index (χ0n) is 14.3. The molecule has 1 amide bonds. The van der Waals surface area contributed by atoms with Gasteiger partial charge < -0.3 is 9.80 Å². The number of nitrogens with zero attached hydrogens (tertiary/aromatic N) is 4. The molecule has 26 heavy (non-hydrogen) atoms. The highest BCUT2D eigenvalue weighted by molar-refractivity contribution is 6.31. The second-order valence-electron chi connectivity index (χ2n) is 6.39. The Kier molecular flexibility index (Phi) is 5.94. The summed E-state index contributed by atoms with van der Waals surface area (Å²) < 4.78 is 14.0. The number of hydrogen-bond acceptors (Lipinski definition) is 4. The van der Waals surface area contributed by atoms with E-state index in [9.17, 15) is 9.18 Å². The molecule has 0 bridgehead atoms. The van der Waals surface area contributed by atoms with E-state index in [4.69, 9.17) is 23.2 Å². The van der Waals surface area contributed by atoms with Gasteiger partial charge in [0.05, 0.1) is 5.92 Å². The monoisotopic (exact) mass is 396 g/mol. The van der Waals surface area contributed by atoms with Gasteiger partial charge in [-0.2, -0.15) is 0 Å². The summed E-state index contributed by atoms with van der Waals surface area (Å²) >= 11 is 11.8. The summed E-state index contributed by atoms with van der Waals surface area (Å²) in [5, 5.41) is 8.60. The van der Waals surface area contributed by atoms with E-state index in [1.165, 1.54) is 11.0 Å². The Labute approximate surface area is 161 Å². The molecule has 1 atom stereocenters. The molecule has 1 aliphatic rings. The summed E-state index contributed by atoms with van der Waals surface area (Å²) in [7, 11) is 1.67. The molecule has 0 N–H and O–H groups in total. The molecular weight excluding hydrogens is 378 g/mol.